The number of benzene rings is 2. The van der Waals surface area contributed by atoms with Crippen LogP contribution in [0.25, 0.3) is 0 Å². The number of esters is 1. The van der Waals surface area contributed by atoms with Crippen molar-refractivity contribution in [3.63, 3.8) is 0 Å². The quantitative estimate of drug-likeness (QED) is 0.405. The Labute approximate surface area is 219 Å². The Morgan fingerprint density at radius 2 is 1.71 bits per heavy atom. The Kier molecular flexibility index (Phi) is 8.53. The third-order valence-electron chi connectivity index (χ3n) is 6.28. The Morgan fingerprint density at radius 3 is 2.32 bits per heavy atom. The van der Waals surface area contributed by atoms with Crippen LogP contribution in [0.5, 0.6) is 0 Å². The van der Waals surface area contributed by atoms with Gasteiger partial charge in [-0.05, 0) is 18.1 Å². The van der Waals surface area contributed by atoms with E-state index < -0.39 is 41.3 Å². The highest BCUT2D eigenvalue weighted by Crippen LogP contribution is 2.43. The van der Waals surface area contributed by atoms with Crippen molar-refractivity contribution in [2.24, 2.45) is 0 Å². The number of ether oxygens (including phenoxy) is 4. The Hall–Kier alpha value is -4.04. The summed E-state index contributed by atoms with van der Waals surface area (Å²) in [5, 5.41) is 9.81. The largest absolute Gasteiger partial charge is 0.455 e. The highest BCUT2D eigenvalue weighted by molar-refractivity contribution is 5.66. The van der Waals surface area contributed by atoms with Crippen LogP contribution >= 0.6 is 0 Å². The summed E-state index contributed by atoms with van der Waals surface area (Å²) in [4.78, 5) is 39.3. The number of hydrogen-bond acceptors (Lipinski definition) is 8. The zero-order chi connectivity index (χ0) is 27.1. The van der Waals surface area contributed by atoms with E-state index in [0.717, 1.165) is 15.7 Å². The number of rotatable bonds is 10. The molecule has 2 aromatic carbocycles. The lowest BCUT2D eigenvalue weighted by Gasteiger charge is -2.32. The molecule has 198 valence electrons. The van der Waals surface area contributed by atoms with Crippen molar-refractivity contribution < 1.29 is 23.7 Å². The zero-order valence-electron chi connectivity index (χ0n) is 21.2. The highest BCUT2D eigenvalue weighted by atomic mass is 16.6. The second kappa shape index (κ2) is 12.0. The number of nitrogens with zero attached hydrogens (tertiary/aromatic N) is 2. The van der Waals surface area contributed by atoms with Gasteiger partial charge in [0.05, 0.1) is 32.3 Å². The molecule has 0 radical (unpaired) electrons. The molecule has 4 rings (SSSR count). The van der Waals surface area contributed by atoms with Crippen LogP contribution in [0.4, 0.5) is 0 Å². The molecular formula is C28H29N3O7. The van der Waals surface area contributed by atoms with Gasteiger partial charge in [0.1, 0.15) is 11.7 Å². The van der Waals surface area contributed by atoms with Gasteiger partial charge in [-0.1, -0.05) is 60.7 Å². The van der Waals surface area contributed by atoms with E-state index in [1.54, 1.807) is 6.92 Å². The van der Waals surface area contributed by atoms with Gasteiger partial charge in [-0.3, -0.25) is 19.1 Å². The number of nitriles is 1. The average molecular weight is 520 g/mol. The normalized spacial score (nSPS) is 22.6. The molecule has 10 heteroatoms. The van der Waals surface area contributed by atoms with Crippen molar-refractivity contribution in [3.8, 4) is 6.07 Å². The van der Waals surface area contributed by atoms with E-state index in [9.17, 15) is 19.6 Å². The molecule has 38 heavy (non-hydrogen) atoms. The second-order valence-electron chi connectivity index (χ2n) is 9.16. The predicted molar refractivity (Wildman–Crippen MR) is 136 cm³/mol. The lowest BCUT2D eigenvalue weighted by molar-refractivity contribution is -0.159. The summed E-state index contributed by atoms with van der Waals surface area (Å²) in [6.07, 6.45) is -2.12. The summed E-state index contributed by atoms with van der Waals surface area (Å²) in [5.41, 5.74) is -0.658. The standard InChI is InChI=1S/C28H29N3O7/c1-19-15-31(27(34)30-25(19)33)26-23(37-20(2)32)24(36-17-22-11-7-4-8-12-22)28(38-26,13-14-29)18-35-16-21-9-5-3-6-10-21/h3-12,15,23-24,26H,13,16-18H2,1-2H3,(H,30,33,34)/t23-,24+,26-,28-/m1/s1. The van der Waals surface area contributed by atoms with Gasteiger partial charge in [-0.2, -0.15) is 5.26 Å². The van der Waals surface area contributed by atoms with E-state index in [1.807, 2.05) is 60.7 Å². The van der Waals surface area contributed by atoms with Crippen molar-refractivity contribution in [2.75, 3.05) is 6.61 Å². The molecule has 4 atom stereocenters. The summed E-state index contributed by atoms with van der Waals surface area (Å²) >= 11 is 0. The fraction of sp³-hybridized carbons (Fsp3) is 0.357. The molecule has 2 heterocycles. The summed E-state index contributed by atoms with van der Waals surface area (Å²) in [6, 6.07) is 21.0. The molecule has 1 aliphatic heterocycles. The lowest BCUT2D eigenvalue weighted by Crippen LogP contribution is -2.49. The van der Waals surface area contributed by atoms with Crippen molar-refractivity contribution in [3.05, 3.63) is 104 Å². The first kappa shape index (κ1) is 27.0. The summed E-state index contributed by atoms with van der Waals surface area (Å²) in [5.74, 6) is -0.621. The lowest BCUT2D eigenvalue weighted by atomic mass is 9.92. The van der Waals surface area contributed by atoms with Gasteiger partial charge in [0.15, 0.2) is 12.3 Å². The van der Waals surface area contributed by atoms with Gasteiger partial charge in [0, 0.05) is 18.7 Å². The van der Waals surface area contributed by atoms with Crippen LogP contribution in [0, 0.1) is 18.3 Å². The first-order valence-corrected chi connectivity index (χ1v) is 12.1. The SMILES string of the molecule is CC(=O)O[C@H]1[C@H](n2cc(C)c(=O)[nH]c2=O)O[C@](CC#N)(COCc2ccccc2)[C@H]1OCc1ccccc1. The Morgan fingerprint density at radius 1 is 1.08 bits per heavy atom. The van der Waals surface area contributed by atoms with Crippen LogP contribution in [0.1, 0.15) is 36.3 Å². The van der Waals surface area contributed by atoms with Crippen LogP contribution in [-0.4, -0.2) is 39.9 Å². The van der Waals surface area contributed by atoms with Crippen LogP contribution in [0.2, 0.25) is 0 Å². The minimum absolute atomic E-state index is 0.0831. The summed E-state index contributed by atoms with van der Waals surface area (Å²) in [6.45, 7) is 3.07. The number of H-pyrrole nitrogens is 1. The van der Waals surface area contributed by atoms with E-state index in [2.05, 4.69) is 11.1 Å². The summed E-state index contributed by atoms with van der Waals surface area (Å²) < 4.78 is 25.5. The number of nitrogens with one attached hydrogen (secondary N) is 1. The predicted octanol–water partition coefficient (Wildman–Crippen LogP) is 2.76. The van der Waals surface area contributed by atoms with E-state index >= 15 is 0 Å². The van der Waals surface area contributed by atoms with Crippen LogP contribution in [-0.2, 0) is 37.0 Å². The molecule has 0 unspecified atom stereocenters. The average Bonchev–Trinajstić information content (AvgIpc) is 3.18. The maximum atomic E-state index is 12.8. The number of aromatic nitrogens is 2. The molecule has 0 aliphatic carbocycles. The highest BCUT2D eigenvalue weighted by Gasteiger charge is 2.59. The fourth-order valence-electron chi connectivity index (χ4n) is 4.49. The van der Waals surface area contributed by atoms with Crippen LogP contribution < -0.4 is 11.2 Å². The molecule has 1 saturated heterocycles. The van der Waals surface area contributed by atoms with Gasteiger partial charge < -0.3 is 18.9 Å². The van der Waals surface area contributed by atoms with Crippen molar-refractivity contribution in [1.82, 2.24) is 9.55 Å². The molecule has 0 bridgehead atoms. The molecule has 1 aromatic heterocycles. The second-order valence-corrected chi connectivity index (χ2v) is 9.16. The van der Waals surface area contributed by atoms with E-state index in [1.165, 1.54) is 13.1 Å². The van der Waals surface area contributed by atoms with Crippen molar-refractivity contribution in [1.29, 1.82) is 5.26 Å². The monoisotopic (exact) mass is 519 g/mol. The molecule has 10 nitrogen and oxygen atoms in total. The smallest absolute Gasteiger partial charge is 0.330 e. The van der Waals surface area contributed by atoms with Crippen LogP contribution in [0.3, 0.4) is 0 Å². The van der Waals surface area contributed by atoms with E-state index in [4.69, 9.17) is 18.9 Å². The van der Waals surface area contributed by atoms with Gasteiger partial charge >= 0.3 is 11.7 Å². The zero-order valence-corrected chi connectivity index (χ0v) is 21.2. The molecule has 3 aromatic rings. The molecule has 1 fully saturated rings. The maximum Gasteiger partial charge on any atom is 0.330 e. The van der Waals surface area contributed by atoms with Crippen LogP contribution in [0.15, 0.2) is 76.4 Å². The Balaban J connectivity index is 1.73. The molecule has 0 saturated carbocycles. The van der Waals surface area contributed by atoms with E-state index in [-0.39, 0.29) is 31.8 Å². The third-order valence-corrected chi connectivity index (χ3v) is 6.28. The molecule has 0 amide bonds. The van der Waals surface area contributed by atoms with Gasteiger partial charge in [0.2, 0.25) is 0 Å². The maximum absolute atomic E-state index is 12.8. The first-order chi connectivity index (χ1) is 18.3. The van der Waals surface area contributed by atoms with Gasteiger partial charge in [-0.15, -0.1) is 0 Å². The third kappa shape index (κ3) is 6.08. The molecule has 1 N–H and O–H groups in total. The summed E-state index contributed by atoms with van der Waals surface area (Å²) in [7, 11) is 0. The van der Waals surface area contributed by atoms with Crippen molar-refractivity contribution in [2.45, 2.75) is 57.5 Å². The molecular weight excluding hydrogens is 490 g/mol. The first-order valence-electron chi connectivity index (χ1n) is 12.1. The number of carbonyl (C=O) groups is 1. The van der Waals surface area contributed by atoms with Gasteiger partial charge in [-0.25, -0.2) is 4.79 Å². The Bertz CT molecular complexity index is 1400. The van der Waals surface area contributed by atoms with Gasteiger partial charge in [0.25, 0.3) is 5.56 Å². The number of aryl methyl sites for hydroxylation is 1. The minimum Gasteiger partial charge on any atom is -0.455 e. The number of hydrogen-bond donors (Lipinski definition) is 1. The fourth-order valence-corrected chi connectivity index (χ4v) is 4.49. The number of aromatic amines is 1. The minimum atomic E-state index is -1.40. The number of carbonyl (C=O) groups excluding carboxylic acids is 1. The molecule has 1 aliphatic rings. The molecule has 0 spiro atoms. The van der Waals surface area contributed by atoms with E-state index in [0.29, 0.717) is 0 Å². The topological polar surface area (TPSA) is 133 Å². The van der Waals surface area contributed by atoms with Crippen molar-refractivity contribution >= 4 is 5.97 Å².